The Labute approximate surface area is 157 Å². The Bertz CT molecular complexity index is 490. The first-order valence-electron chi connectivity index (χ1n) is 7.38. The third kappa shape index (κ3) is 6.61. The molecule has 0 saturated carbocycles. The number of unbranched alkanes of at least 4 members (excludes halogenated alkanes) is 1. The summed E-state index contributed by atoms with van der Waals surface area (Å²) in [5, 5.41) is 0. The van der Waals surface area contributed by atoms with E-state index < -0.39 is 18.1 Å². The topological polar surface area (TPSA) is 55.8 Å². The van der Waals surface area contributed by atoms with Gasteiger partial charge in [0.1, 0.15) is 6.04 Å². The molecule has 5 nitrogen and oxygen atoms in total. The minimum atomic E-state index is -0.771. The Morgan fingerprint density at radius 1 is 1.21 bits per heavy atom. The molecule has 1 aromatic carbocycles. The molecule has 1 amide bonds. The average molecular weight is 376 g/mol. The summed E-state index contributed by atoms with van der Waals surface area (Å²) in [6, 6.07) is 8.33. The van der Waals surface area contributed by atoms with Crippen LogP contribution in [0, 0.1) is 0 Å². The second-order valence-corrected chi connectivity index (χ2v) is 5.06. The fourth-order valence-corrected chi connectivity index (χ4v) is 2.40. The Kier molecular flexibility index (Phi) is 13.4. The van der Waals surface area contributed by atoms with Gasteiger partial charge < -0.3 is 9.39 Å². The molecule has 2 radical (unpaired) electrons. The van der Waals surface area contributed by atoms with Crippen molar-refractivity contribution in [3.8, 4) is 0 Å². The van der Waals surface area contributed by atoms with Crippen molar-refractivity contribution in [1.82, 2.24) is 4.90 Å². The summed E-state index contributed by atoms with van der Waals surface area (Å²) in [6.45, 7) is 3.85. The summed E-state index contributed by atoms with van der Waals surface area (Å²) in [7, 11) is 6.32. The molecule has 0 saturated heterocycles. The Morgan fingerprint density at radius 3 is 2.25 bits per heavy atom. The van der Waals surface area contributed by atoms with Crippen LogP contribution < -0.4 is 0 Å². The molecule has 0 N–H and O–H groups in total. The molecular formula is C16H24BCl2NO4. The molecule has 0 spiro atoms. The average Bonchev–Trinajstić information content (AvgIpc) is 2.57. The maximum atomic E-state index is 12.2. The summed E-state index contributed by atoms with van der Waals surface area (Å²) in [5.41, 5.74) is 0.902. The summed E-state index contributed by atoms with van der Waals surface area (Å²) < 4.78 is 9.23. The van der Waals surface area contributed by atoms with Crippen molar-refractivity contribution in [3.63, 3.8) is 0 Å². The zero-order chi connectivity index (χ0) is 16.5. The molecule has 134 valence electrons. The van der Waals surface area contributed by atoms with Gasteiger partial charge in [-0.15, -0.1) is 24.8 Å². The highest BCUT2D eigenvalue weighted by Crippen LogP contribution is 2.26. The Hall–Kier alpha value is -1.40. The summed E-state index contributed by atoms with van der Waals surface area (Å²) in [6.07, 6.45) is 1.55. The number of benzene rings is 1. The molecule has 0 aliphatic rings. The minimum absolute atomic E-state index is 0. The molecular weight excluding hydrogens is 352 g/mol. The van der Waals surface area contributed by atoms with Gasteiger partial charge in [0.05, 0.1) is 13.2 Å². The first-order valence-corrected chi connectivity index (χ1v) is 7.38. The number of halogens is 2. The molecule has 0 heterocycles. The van der Waals surface area contributed by atoms with E-state index in [4.69, 9.17) is 12.8 Å². The molecule has 1 unspecified atom stereocenters. The number of ether oxygens (including phenoxy) is 1. The van der Waals surface area contributed by atoms with Crippen LogP contribution in [0.2, 0.25) is 0 Å². The Balaban J connectivity index is 0. The maximum absolute atomic E-state index is 12.2. The van der Waals surface area contributed by atoms with Gasteiger partial charge in [0, 0.05) is 0 Å². The fraction of sp³-hybridized carbons (Fsp3) is 0.500. The van der Waals surface area contributed by atoms with Crippen LogP contribution in [0.1, 0.15) is 44.7 Å². The molecule has 0 fully saturated rings. The van der Waals surface area contributed by atoms with Gasteiger partial charge in [0.15, 0.2) is 0 Å². The lowest BCUT2D eigenvalue weighted by atomic mass is 10.0. The van der Waals surface area contributed by atoms with E-state index in [0.717, 1.165) is 18.4 Å². The molecule has 0 bridgehead atoms. The first kappa shape index (κ1) is 24.9. The third-order valence-corrected chi connectivity index (χ3v) is 3.64. The van der Waals surface area contributed by atoms with Gasteiger partial charge in [-0.05, 0) is 18.9 Å². The molecule has 2 atom stereocenters. The lowest BCUT2D eigenvalue weighted by Gasteiger charge is -2.34. The van der Waals surface area contributed by atoms with Crippen LogP contribution in [0.15, 0.2) is 30.3 Å². The van der Waals surface area contributed by atoms with Crippen molar-refractivity contribution in [1.29, 1.82) is 0 Å². The van der Waals surface area contributed by atoms with Crippen molar-refractivity contribution in [2.75, 3.05) is 7.11 Å². The van der Waals surface area contributed by atoms with E-state index in [1.165, 1.54) is 12.0 Å². The molecule has 0 aliphatic carbocycles. The van der Waals surface area contributed by atoms with Crippen LogP contribution in [-0.4, -0.2) is 38.2 Å². The summed E-state index contributed by atoms with van der Waals surface area (Å²) >= 11 is 0. The summed E-state index contributed by atoms with van der Waals surface area (Å²) in [4.78, 5) is 25.6. The zero-order valence-electron chi connectivity index (χ0n) is 14.1. The largest absolute Gasteiger partial charge is 0.542 e. The number of rotatable bonds is 7. The van der Waals surface area contributed by atoms with Crippen LogP contribution in [0.25, 0.3) is 0 Å². The zero-order valence-corrected chi connectivity index (χ0v) is 15.8. The van der Waals surface area contributed by atoms with E-state index in [2.05, 4.69) is 4.65 Å². The highest BCUT2D eigenvalue weighted by atomic mass is 35.5. The third-order valence-electron chi connectivity index (χ3n) is 3.64. The van der Waals surface area contributed by atoms with Gasteiger partial charge in [-0.25, -0.2) is 4.79 Å². The molecule has 0 aliphatic heterocycles. The lowest BCUT2D eigenvalue weighted by molar-refractivity contribution is -0.140. The number of carbonyl (C=O) groups is 2. The molecule has 8 heteroatoms. The molecule has 1 aromatic rings. The van der Waals surface area contributed by atoms with Gasteiger partial charge in [-0.3, -0.25) is 9.69 Å². The van der Waals surface area contributed by atoms with Crippen LogP contribution >= 0.6 is 24.8 Å². The van der Waals surface area contributed by atoms with Crippen LogP contribution in [-0.2, 0) is 14.2 Å². The van der Waals surface area contributed by atoms with Crippen molar-refractivity contribution in [2.24, 2.45) is 0 Å². The second-order valence-electron chi connectivity index (χ2n) is 5.06. The van der Waals surface area contributed by atoms with Gasteiger partial charge in [-0.2, -0.15) is 0 Å². The predicted octanol–water partition coefficient (Wildman–Crippen LogP) is 3.85. The Morgan fingerprint density at radius 2 is 1.79 bits per heavy atom. The number of methoxy groups -OCH3 is 1. The predicted molar refractivity (Wildman–Crippen MR) is 98.8 cm³/mol. The van der Waals surface area contributed by atoms with E-state index in [-0.39, 0.29) is 30.9 Å². The number of hydrogen-bond acceptors (Lipinski definition) is 4. The fourth-order valence-electron chi connectivity index (χ4n) is 2.40. The lowest BCUT2D eigenvalue weighted by Crippen LogP contribution is -2.47. The van der Waals surface area contributed by atoms with Gasteiger partial charge in [-0.1, -0.05) is 50.1 Å². The quantitative estimate of drug-likeness (QED) is 0.679. The number of amides is 1. The highest BCUT2D eigenvalue weighted by molar-refractivity contribution is 6.06. The van der Waals surface area contributed by atoms with Crippen LogP contribution in [0.5, 0.6) is 0 Å². The highest BCUT2D eigenvalue weighted by Gasteiger charge is 2.34. The van der Waals surface area contributed by atoms with Gasteiger partial charge in [0.25, 0.3) is 0 Å². The molecule has 1 rings (SSSR count). The van der Waals surface area contributed by atoms with Gasteiger partial charge in [0.2, 0.25) is 0 Å². The first-order chi connectivity index (χ1) is 10.6. The van der Waals surface area contributed by atoms with E-state index in [0.29, 0.717) is 6.42 Å². The van der Waals surface area contributed by atoms with E-state index in [1.54, 1.807) is 0 Å². The number of hydrogen-bond donors (Lipinski definition) is 0. The van der Waals surface area contributed by atoms with E-state index in [9.17, 15) is 9.59 Å². The smallest absolute Gasteiger partial charge is 0.410 e. The number of nitrogens with zero attached hydrogens (tertiary/aromatic N) is 1. The van der Waals surface area contributed by atoms with E-state index >= 15 is 0 Å². The second kappa shape index (κ2) is 13.0. The van der Waals surface area contributed by atoms with Crippen molar-refractivity contribution in [2.45, 2.75) is 45.2 Å². The SMILES string of the molecule is Cl.Cl.[B]OC(=O)C(CCCC)N(C(=O)OC)[C@@H](C)c1ccccc1. The molecule has 24 heavy (non-hydrogen) atoms. The van der Waals surface area contributed by atoms with Crippen molar-refractivity contribution in [3.05, 3.63) is 35.9 Å². The molecule has 0 aromatic heterocycles. The van der Waals surface area contributed by atoms with E-state index in [1.807, 2.05) is 44.2 Å². The van der Waals surface area contributed by atoms with Crippen molar-refractivity contribution >= 4 is 44.9 Å². The normalized spacial score (nSPS) is 12.0. The monoisotopic (exact) mass is 375 g/mol. The van der Waals surface area contributed by atoms with Crippen molar-refractivity contribution < 1.29 is 19.0 Å². The number of carbonyl (C=O) groups excluding carboxylic acids is 2. The standard InChI is InChI=1S/C16H22BNO4.2ClH/c1-4-5-11-14(15(19)22-17)18(16(20)21-3)12(2)13-9-7-6-8-10-13;;/h6-10,12,14H,4-5,11H2,1-3H3;2*1H/t12-,14?;;/m0../s1. The van der Waals surface area contributed by atoms with Crippen LogP contribution in [0.4, 0.5) is 4.79 Å². The maximum Gasteiger partial charge on any atom is 0.410 e. The minimum Gasteiger partial charge on any atom is -0.542 e. The van der Waals surface area contributed by atoms with Gasteiger partial charge >= 0.3 is 20.1 Å². The summed E-state index contributed by atoms with van der Waals surface area (Å²) in [5.74, 6) is -0.637. The van der Waals surface area contributed by atoms with Crippen LogP contribution in [0.3, 0.4) is 0 Å².